The minimum atomic E-state index is -3.69. The number of rotatable bonds is 9. The van der Waals surface area contributed by atoms with Crippen LogP contribution in [0.5, 0.6) is 17.2 Å². The molecule has 0 radical (unpaired) electrons. The molecule has 0 atom stereocenters. The summed E-state index contributed by atoms with van der Waals surface area (Å²) in [6.07, 6.45) is 0. The van der Waals surface area contributed by atoms with Crippen molar-refractivity contribution in [2.75, 3.05) is 34.4 Å². The predicted octanol–water partition coefficient (Wildman–Crippen LogP) is 2.07. The number of halogens is 1. The van der Waals surface area contributed by atoms with Gasteiger partial charge in [-0.15, -0.1) is 0 Å². The zero-order chi connectivity index (χ0) is 20.7. The first-order chi connectivity index (χ1) is 13.3. The Labute approximate surface area is 168 Å². The number of ether oxygens (including phenoxy) is 3. The first kappa shape index (κ1) is 21.8. The molecule has 2 aromatic rings. The number of sulfonamides is 1. The van der Waals surface area contributed by atoms with Crippen molar-refractivity contribution in [2.45, 2.75) is 4.90 Å². The lowest BCUT2D eigenvalue weighted by molar-refractivity contribution is 0.0953. The fraction of sp³-hybridized carbons (Fsp3) is 0.278. The van der Waals surface area contributed by atoms with E-state index in [2.05, 4.69) is 10.0 Å². The lowest BCUT2D eigenvalue weighted by atomic mass is 10.1. The van der Waals surface area contributed by atoms with Crippen molar-refractivity contribution in [2.24, 2.45) is 0 Å². The molecular formula is C18H21ClN2O6S. The number of nitrogens with one attached hydrogen (secondary N) is 2. The molecule has 0 heterocycles. The molecule has 152 valence electrons. The molecule has 2 N–H and O–H groups in total. The molecule has 0 aliphatic heterocycles. The standard InChI is InChI=1S/C18H21ClN2O6S/c1-25-15-10-12(11-16(26-2)17(15)27-3)18(22)20-8-9-21-28(23,24)14-6-4-13(19)5-7-14/h4-7,10-11,21H,8-9H2,1-3H3,(H,20,22). The molecule has 2 aromatic carbocycles. The van der Waals surface area contributed by atoms with E-state index in [0.717, 1.165) is 0 Å². The van der Waals surface area contributed by atoms with Crippen LogP contribution in [0.2, 0.25) is 5.02 Å². The average Bonchev–Trinajstić information content (AvgIpc) is 2.70. The summed E-state index contributed by atoms with van der Waals surface area (Å²) in [7, 11) is 0.677. The smallest absolute Gasteiger partial charge is 0.251 e. The quantitative estimate of drug-likeness (QED) is 0.593. The number of hydrogen-bond donors (Lipinski definition) is 2. The molecule has 8 nitrogen and oxygen atoms in total. The Hall–Kier alpha value is -2.49. The number of carbonyl (C=O) groups is 1. The van der Waals surface area contributed by atoms with Crippen LogP contribution in [0.25, 0.3) is 0 Å². The summed E-state index contributed by atoms with van der Waals surface area (Å²) < 4.78 is 42.4. The molecule has 0 saturated carbocycles. The zero-order valence-electron chi connectivity index (χ0n) is 15.6. The van der Waals surface area contributed by atoms with Crippen LogP contribution in [0.15, 0.2) is 41.3 Å². The lowest BCUT2D eigenvalue weighted by Gasteiger charge is -2.14. The van der Waals surface area contributed by atoms with Gasteiger partial charge in [0, 0.05) is 23.7 Å². The van der Waals surface area contributed by atoms with Crippen molar-refractivity contribution in [1.82, 2.24) is 10.0 Å². The van der Waals surface area contributed by atoms with Crippen LogP contribution in [0.4, 0.5) is 0 Å². The molecule has 0 bridgehead atoms. The van der Waals surface area contributed by atoms with E-state index in [9.17, 15) is 13.2 Å². The van der Waals surface area contributed by atoms with Crippen molar-refractivity contribution in [3.8, 4) is 17.2 Å². The number of benzene rings is 2. The van der Waals surface area contributed by atoms with Gasteiger partial charge in [0.25, 0.3) is 5.91 Å². The Kier molecular flexibility index (Phi) is 7.50. The third-order valence-corrected chi connectivity index (χ3v) is 5.48. The highest BCUT2D eigenvalue weighted by Gasteiger charge is 2.17. The van der Waals surface area contributed by atoms with Crippen molar-refractivity contribution in [1.29, 1.82) is 0 Å². The molecule has 0 aromatic heterocycles. The van der Waals surface area contributed by atoms with Crippen LogP contribution in [-0.4, -0.2) is 48.7 Å². The van der Waals surface area contributed by atoms with Gasteiger partial charge < -0.3 is 19.5 Å². The molecule has 0 aliphatic carbocycles. The van der Waals surface area contributed by atoms with Crippen molar-refractivity contribution in [3.63, 3.8) is 0 Å². The Morgan fingerprint density at radius 2 is 1.54 bits per heavy atom. The summed E-state index contributed by atoms with van der Waals surface area (Å²) in [5, 5.41) is 3.07. The highest BCUT2D eigenvalue weighted by Crippen LogP contribution is 2.38. The van der Waals surface area contributed by atoms with Crippen molar-refractivity contribution in [3.05, 3.63) is 47.0 Å². The predicted molar refractivity (Wildman–Crippen MR) is 105 cm³/mol. The Morgan fingerprint density at radius 1 is 0.964 bits per heavy atom. The van der Waals surface area contributed by atoms with Gasteiger partial charge >= 0.3 is 0 Å². The molecule has 0 aliphatic rings. The second kappa shape index (κ2) is 9.63. The monoisotopic (exact) mass is 428 g/mol. The van der Waals surface area contributed by atoms with E-state index < -0.39 is 15.9 Å². The van der Waals surface area contributed by atoms with Crippen molar-refractivity contribution >= 4 is 27.5 Å². The number of amides is 1. The molecule has 10 heteroatoms. The molecule has 0 spiro atoms. The van der Waals surface area contributed by atoms with Crippen LogP contribution in [0, 0.1) is 0 Å². The minimum Gasteiger partial charge on any atom is -0.493 e. The first-order valence-corrected chi connectivity index (χ1v) is 10.0. The van der Waals surface area contributed by atoms with E-state index in [1.165, 1.54) is 57.7 Å². The maximum Gasteiger partial charge on any atom is 0.251 e. The second-order valence-electron chi connectivity index (χ2n) is 5.52. The molecular weight excluding hydrogens is 408 g/mol. The van der Waals surface area contributed by atoms with Crippen LogP contribution < -0.4 is 24.2 Å². The summed E-state index contributed by atoms with van der Waals surface area (Å²) >= 11 is 5.76. The molecule has 2 rings (SSSR count). The minimum absolute atomic E-state index is 0.0150. The third kappa shape index (κ3) is 5.28. The van der Waals surface area contributed by atoms with Gasteiger partial charge in [-0.25, -0.2) is 13.1 Å². The van der Waals surface area contributed by atoms with E-state index in [1.54, 1.807) is 0 Å². The summed E-state index contributed by atoms with van der Waals surface area (Å²) in [6.45, 7) is 0.101. The number of hydrogen-bond acceptors (Lipinski definition) is 6. The first-order valence-electron chi connectivity index (χ1n) is 8.15. The summed E-state index contributed by atoms with van der Waals surface area (Å²) in [5.41, 5.74) is 0.287. The molecule has 28 heavy (non-hydrogen) atoms. The Bertz CT molecular complexity index is 907. The van der Waals surface area contributed by atoms with Gasteiger partial charge in [0.05, 0.1) is 26.2 Å². The average molecular weight is 429 g/mol. The Morgan fingerprint density at radius 3 is 2.04 bits per heavy atom. The van der Waals surface area contributed by atoms with Crippen molar-refractivity contribution < 1.29 is 27.4 Å². The fourth-order valence-electron chi connectivity index (χ4n) is 2.37. The molecule has 1 amide bonds. The van der Waals surface area contributed by atoms with E-state index >= 15 is 0 Å². The van der Waals surface area contributed by atoms with Gasteiger partial charge in [0.2, 0.25) is 15.8 Å². The second-order valence-corrected chi connectivity index (χ2v) is 7.72. The molecule has 0 fully saturated rings. The van der Waals surface area contributed by atoms with Gasteiger partial charge in [0.15, 0.2) is 11.5 Å². The number of methoxy groups -OCH3 is 3. The van der Waals surface area contributed by atoms with E-state index in [4.69, 9.17) is 25.8 Å². The van der Waals surface area contributed by atoms with Gasteiger partial charge in [-0.1, -0.05) is 11.6 Å². The SMILES string of the molecule is COc1cc(C(=O)NCCNS(=O)(=O)c2ccc(Cl)cc2)cc(OC)c1OC. The summed E-state index contributed by atoms with van der Waals surface area (Å²) in [4.78, 5) is 12.4. The highest BCUT2D eigenvalue weighted by atomic mass is 35.5. The van der Waals surface area contributed by atoms with E-state index in [1.807, 2.05) is 0 Å². The molecule has 0 unspecified atom stereocenters. The van der Waals surface area contributed by atoms with Gasteiger partial charge in [-0.2, -0.15) is 0 Å². The van der Waals surface area contributed by atoms with Crippen LogP contribution in [0.1, 0.15) is 10.4 Å². The topological polar surface area (TPSA) is 103 Å². The maximum absolute atomic E-state index is 12.4. The summed E-state index contributed by atoms with van der Waals surface area (Å²) in [5.74, 6) is 0.646. The van der Waals surface area contributed by atoms with Crippen LogP contribution in [-0.2, 0) is 10.0 Å². The highest BCUT2D eigenvalue weighted by molar-refractivity contribution is 7.89. The largest absolute Gasteiger partial charge is 0.493 e. The molecule has 0 saturated heterocycles. The lowest BCUT2D eigenvalue weighted by Crippen LogP contribution is -2.34. The maximum atomic E-state index is 12.4. The fourth-order valence-corrected chi connectivity index (χ4v) is 3.53. The van der Waals surface area contributed by atoms with Gasteiger partial charge in [0.1, 0.15) is 0 Å². The van der Waals surface area contributed by atoms with Gasteiger partial charge in [-0.05, 0) is 36.4 Å². The van der Waals surface area contributed by atoms with Gasteiger partial charge in [-0.3, -0.25) is 4.79 Å². The van der Waals surface area contributed by atoms with E-state index in [-0.39, 0.29) is 23.5 Å². The summed E-state index contributed by atoms with van der Waals surface area (Å²) in [6, 6.07) is 8.80. The Balaban J connectivity index is 1.98. The van der Waals surface area contributed by atoms with E-state index in [0.29, 0.717) is 22.3 Å². The third-order valence-electron chi connectivity index (χ3n) is 3.75. The van der Waals surface area contributed by atoms with Crippen LogP contribution in [0.3, 0.4) is 0 Å². The number of carbonyl (C=O) groups excluding carboxylic acids is 1. The normalized spacial score (nSPS) is 11.0. The van der Waals surface area contributed by atoms with Crippen LogP contribution >= 0.6 is 11.6 Å². The zero-order valence-corrected chi connectivity index (χ0v) is 17.2.